The molecule has 0 fully saturated rings. The number of ether oxygens (including phenoxy) is 1. The number of nitrogens with one attached hydrogen (secondary N) is 1. The standard InChI is InChI=1S/C10H15F2NO2/c1-5-10(6-11,7-12)13-8(14)15-9(2,3)4/h1H,6-7H2,2-4H3,(H,13,14). The van der Waals surface area contributed by atoms with Crippen molar-refractivity contribution in [2.75, 3.05) is 13.3 Å². The lowest BCUT2D eigenvalue weighted by Crippen LogP contribution is -2.52. The summed E-state index contributed by atoms with van der Waals surface area (Å²) in [5.41, 5.74) is -2.65. The van der Waals surface area contributed by atoms with Gasteiger partial charge in [-0.15, -0.1) is 6.42 Å². The Balaban J connectivity index is 4.45. The quantitative estimate of drug-likeness (QED) is 0.735. The van der Waals surface area contributed by atoms with Crippen molar-refractivity contribution in [2.24, 2.45) is 0 Å². The molecule has 0 aromatic carbocycles. The van der Waals surface area contributed by atoms with Crippen LogP contribution in [0.15, 0.2) is 0 Å². The molecule has 0 aliphatic rings. The second kappa shape index (κ2) is 4.96. The van der Waals surface area contributed by atoms with Crippen LogP contribution in [-0.4, -0.2) is 30.6 Å². The largest absolute Gasteiger partial charge is 0.444 e. The van der Waals surface area contributed by atoms with Gasteiger partial charge < -0.3 is 4.74 Å². The minimum atomic E-state index is -1.91. The number of carbonyl (C=O) groups is 1. The number of halogens is 2. The van der Waals surface area contributed by atoms with E-state index >= 15 is 0 Å². The Labute approximate surface area is 88.2 Å². The first-order valence-electron chi connectivity index (χ1n) is 4.39. The number of alkyl carbamates (subject to hydrolysis) is 1. The van der Waals surface area contributed by atoms with Crippen LogP contribution in [0.2, 0.25) is 0 Å². The number of rotatable bonds is 3. The van der Waals surface area contributed by atoms with Gasteiger partial charge in [0.1, 0.15) is 19.0 Å². The minimum absolute atomic E-state index is 0.739. The molecule has 0 saturated carbocycles. The fourth-order valence-electron chi connectivity index (χ4n) is 0.715. The van der Waals surface area contributed by atoms with E-state index in [-0.39, 0.29) is 0 Å². The Hall–Kier alpha value is -1.31. The van der Waals surface area contributed by atoms with Crippen molar-refractivity contribution in [3.8, 4) is 12.3 Å². The van der Waals surface area contributed by atoms with Crippen LogP contribution in [0.4, 0.5) is 13.6 Å². The lowest BCUT2D eigenvalue weighted by Gasteiger charge is -2.26. The fourth-order valence-corrected chi connectivity index (χ4v) is 0.715. The van der Waals surface area contributed by atoms with E-state index in [2.05, 4.69) is 0 Å². The molecule has 1 amide bonds. The van der Waals surface area contributed by atoms with Gasteiger partial charge in [0.15, 0.2) is 5.54 Å². The van der Waals surface area contributed by atoms with Crippen molar-refractivity contribution < 1.29 is 18.3 Å². The predicted molar refractivity (Wildman–Crippen MR) is 52.9 cm³/mol. The highest BCUT2D eigenvalue weighted by atomic mass is 19.1. The van der Waals surface area contributed by atoms with E-state index in [1.165, 1.54) is 0 Å². The van der Waals surface area contributed by atoms with Gasteiger partial charge in [0.2, 0.25) is 0 Å². The first kappa shape index (κ1) is 13.7. The van der Waals surface area contributed by atoms with E-state index in [9.17, 15) is 13.6 Å². The van der Waals surface area contributed by atoms with Gasteiger partial charge in [0.05, 0.1) is 0 Å². The van der Waals surface area contributed by atoms with Crippen LogP contribution in [0.1, 0.15) is 20.8 Å². The summed E-state index contributed by atoms with van der Waals surface area (Å²) in [7, 11) is 0. The number of alkyl halides is 2. The van der Waals surface area contributed by atoms with Gasteiger partial charge in [-0.1, -0.05) is 5.92 Å². The molecule has 0 unspecified atom stereocenters. The summed E-state index contributed by atoms with van der Waals surface area (Å²) in [6.45, 7) is 2.54. The van der Waals surface area contributed by atoms with Crippen molar-refractivity contribution in [3.63, 3.8) is 0 Å². The molecule has 0 radical (unpaired) electrons. The zero-order valence-electron chi connectivity index (χ0n) is 9.06. The molecular formula is C10H15F2NO2. The molecule has 0 aliphatic carbocycles. The molecule has 0 aliphatic heterocycles. The van der Waals surface area contributed by atoms with Crippen molar-refractivity contribution in [3.05, 3.63) is 0 Å². The van der Waals surface area contributed by atoms with Crippen LogP contribution in [0.25, 0.3) is 0 Å². The van der Waals surface area contributed by atoms with Crippen molar-refractivity contribution in [2.45, 2.75) is 31.9 Å². The predicted octanol–water partition coefficient (Wildman–Crippen LogP) is 1.82. The lowest BCUT2D eigenvalue weighted by atomic mass is 10.1. The van der Waals surface area contributed by atoms with Crippen LogP contribution in [0.3, 0.4) is 0 Å². The zero-order chi connectivity index (χ0) is 12.1. The van der Waals surface area contributed by atoms with E-state index < -0.39 is 30.6 Å². The van der Waals surface area contributed by atoms with Gasteiger partial charge in [-0.3, -0.25) is 5.32 Å². The normalized spacial score (nSPS) is 11.7. The summed E-state index contributed by atoms with van der Waals surface area (Å²) in [5, 5.41) is 1.99. The topological polar surface area (TPSA) is 38.3 Å². The first-order chi connectivity index (χ1) is 6.78. The number of hydrogen-bond acceptors (Lipinski definition) is 2. The third-order valence-corrected chi connectivity index (χ3v) is 1.47. The van der Waals surface area contributed by atoms with E-state index in [0.29, 0.717) is 0 Å². The maximum absolute atomic E-state index is 12.5. The minimum Gasteiger partial charge on any atom is -0.444 e. The number of hydrogen-bond donors (Lipinski definition) is 1. The van der Waals surface area contributed by atoms with E-state index in [0.717, 1.165) is 0 Å². The van der Waals surface area contributed by atoms with Gasteiger partial charge in [-0.05, 0) is 20.8 Å². The zero-order valence-corrected chi connectivity index (χ0v) is 9.06. The Kier molecular flexibility index (Phi) is 4.53. The summed E-state index contributed by atoms with van der Waals surface area (Å²) in [6, 6.07) is 0. The molecule has 0 atom stereocenters. The number of terminal acetylenes is 1. The van der Waals surface area contributed by atoms with Crippen molar-refractivity contribution in [1.82, 2.24) is 5.32 Å². The third kappa shape index (κ3) is 4.63. The van der Waals surface area contributed by atoms with Gasteiger partial charge >= 0.3 is 6.09 Å². The molecule has 15 heavy (non-hydrogen) atoms. The number of carbonyl (C=O) groups excluding carboxylic acids is 1. The third-order valence-electron chi connectivity index (χ3n) is 1.47. The highest BCUT2D eigenvalue weighted by Gasteiger charge is 2.32. The van der Waals surface area contributed by atoms with Gasteiger partial charge in [-0.25, -0.2) is 13.6 Å². The van der Waals surface area contributed by atoms with Crippen molar-refractivity contribution in [1.29, 1.82) is 0 Å². The smallest absolute Gasteiger partial charge is 0.409 e. The highest BCUT2D eigenvalue weighted by molar-refractivity contribution is 5.69. The van der Waals surface area contributed by atoms with Crippen LogP contribution >= 0.6 is 0 Å². The van der Waals surface area contributed by atoms with E-state index in [1.807, 2.05) is 11.2 Å². The lowest BCUT2D eigenvalue weighted by molar-refractivity contribution is 0.0453. The number of amides is 1. The molecular weight excluding hydrogens is 204 g/mol. The highest BCUT2D eigenvalue weighted by Crippen LogP contribution is 2.10. The molecule has 0 aromatic heterocycles. The summed E-state index contributed by atoms with van der Waals surface area (Å²) in [6.07, 6.45) is 4.01. The monoisotopic (exact) mass is 219 g/mol. The molecule has 0 spiro atoms. The van der Waals surface area contributed by atoms with E-state index in [4.69, 9.17) is 11.2 Å². The Bertz CT molecular complexity index is 262. The van der Waals surface area contributed by atoms with Gasteiger partial charge in [0, 0.05) is 0 Å². The summed E-state index contributed by atoms with van der Waals surface area (Å²) >= 11 is 0. The molecule has 0 saturated heterocycles. The molecule has 1 N–H and O–H groups in total. The Morgan fingerprint density at radius 2 is 1.87 bits per heavy atom. The maximum atomic E-state index is 12.5. The maximum Gasteiger partial charge on any atom is 0.409 e. The molecule has 3 nitrogen and oxygen atoms in total. The average molecular weight is 219 g/mol. The molecule has 0 heterocycles. The summed E-state index contributed by atoms with van der Waals surface area (Å²) < 4.78 is 29.7. The second-order valence-electron chi connectivity index (χ2n) is 4.12. The Morgan fingerprint density at radius 1 is 1.40 bits per heavy atom. The first-order valence-corrected chi connectivity index (χ1v) is 4.39. The van der Waals surface area contributed by atoms with Gasteiger partial charge in [0.25, 0.3) is 0 Å². The van der Waals surface area contributed by atoms with Crippen LogP contribution in [0.5, 0.6) is 0 Å². The molecule has 0 aromatic rings. The SMILES string of the molecule is C#CC(CF)(CF)NC(=O)OC(C)(C)C. The van der Waals surface area contributed by atoms with E-state index in [1.54, 1.807) is 20.8 Å². The van der Waals surface area contributed by atoms with Crippen molar-refractivity contribution >= 4 is 6.09 Å². The second-order valence-corrected chi connectivity index (χ2v) is 4.12. The fraction of sp³-hybridized carbons (Fsp3) is 0.700. The van der Waals surface area contributed by atoms with Crippen LogP contribution < -0.4 is 5.32 Å². The van der Waals surface area contributed by atoms with Crippen LogP contribution in [0, 0.1) is 12.3 Å². The summed E-state index contributed by atoms with van der Waals surface area (Å²) in [5.74, 6) is 1.87. The molecule has 86 valence electrons. The molecule has 5 heteroatoms. The average Bonchev–Trinajstić information content (AvgIpc) is 2.11. The van der Waals surface area contributed by atoms with Gasteiger partial charge in [-0.2, -0.15) is 0 Å². The van der Waals surface area contributed by atoms with Crippen LogP contribution in [-0.2, 0) is 4.74 Å². The summed E-state index contributed by atoms with van der Waals surface area (Å²) in [4.78, 5) is 11.2. The molecule has 0 rings (SSSR count). The Morgan fingerprint density at radius 3 is 2.13 bits per heavy atom. The molecule has 0 bridgehead atoms.